The Bertz CT molecular complexity index is 457. The summed E-state index contributed by atoms with van der Waals surface area (Å²) in [4.78, 5) is 0. The van der Waals surface area contributed by atoms with Crippen molar-refractivity contribution in [1.82, 2.24) is 16.0 Å². The number of aliphatic hydroxyl groups excluding tert-OH is 2. The molecule has 24 heavy (non-hydrogen) atoms. The molecule has 8 unspecified atom stereocenters. The van der Waals surface area contributed by atoms with Crippen molar-refractivity contribution in [2.75, 3.05) is 21.1 Å². The second-order valence-corrected chi connectivity index (χ2v) is 6.90. The Morgan fingerprint density at radius 3 is 2.17 bits per heavy atom. The zero-order chi connectivity index (χ0) is 17.6. The Hall–Kier alpha value is -0.360. The van der Waals surface area contributed by atoms with Gasteiger partial charge in [-0.2, -0.15) is 0 Å². The lowest BCUT2D eigenvalue weighted by Crippen LogP contribution is -2.79. The number of rotatable bonds is 3. The summed E-state index contributed by atoms with van der Waals surface area (Å²) in [5.74, 6) is -1.69. The number of hydrogen-bond donors (Lipinski definition) is 6. The molecule has 140 valence electrons. The average molecular weight is 347 g/mol. The van der Waals surface area contributed by atoms with Crippen molar-refractivity contribution in [3.05, 3.63) is 0 Å². The predicted octanol–water partition coefficient (Wildman–Crippen LogP) is -2.91. The zero-order valence-electron chi connectivity index (χ0n) is 14.5. The SMILES string of the molecule is CNC1C(O)C(NC)[C@H](O)C2OC3O[C@H](C)CC(NC)C3(O)OC12. The van der Waals surface area contributed by atoms with Crippen LogP contribution in [0.25, 0.3) is 0 Å². The molecule has 1 aliphatic carbocycles. The second kappa shape index (κ2) is 6.75. The maximum absolute atomic E-state index is 11.1. The fraction of sp³-hybridized carbons (Fsp3) is 1.00. The summed E-state index contributed by atoms with van der Waals surface area (Å²) < 4.78 is 17.7. The molecular weight excluding hydrogens is 318 g/mol. The van der Waals surface area contributed by atoms with E-state index in [1.54, 1.807) is 21.1 Å². The van der Waals surface area contributed by atoms with Crippen molar-refractivity contribution in [2.24, 2.45) is 0 Å². The van der Waals surface area contributed by atoms with Crippen molar-refractivity contribution in [3.63, 3.8) is 0 Å². The van der Waals surface area contributed by atoms with Crippen LogP contribution in [-0.4, -0.2) is 97.2 Å². The van der Waals surface area contributed by atoms with Crippen LogP contribution in [0.1, 0.15) is 13.3 Å². The normalized spacial score (nSPS) is 54.9. The highest BCUT2D eigenvalue weighted by atomic mass is 16.8. The molecule has 2 heterocycles. The fourth-order valence-corrected chi connectivity index (χ4v) is 4.18. The largest absolute Gasteiger partial charge is 0.390 e. The summed E-state index contributed by atoms with van der Waals surface area (Å²) in [6, 6.07) is -1.49. The molecule has 0 radical (unpaired) electrons. The Kier molecular flexibility index (Phi) is 5.18. The van der Waals surface area contributed by atoms with Crippen LogP contribution in [0.15, 0.2) is 0 Å². The summed E-state index contributed by atoms with van der Waals surface area (Å²) in [5, 5.41) is 41.2. The lowest BCUT2D eigenvalue weighted by molar-refractivity contribution is -0.449. The smallest absolute Gasteiger partial charge is 0.234 e. The van der Waals surface area contributed by atoms with E-state index >= 15 is 0 Å². The third kappa shape index (κ3) is 2.68. The van der Waals surface area contributed by atoms with Gasteiger partial charge in [-0.1, -0.05) is 0 Å². The molecule has 6 N–H and O–H groups in total. The van der Waals surface area contributed by atoms with E-state index in [0.717, 1.165) is 0 Å². The minimum absolute atomic E-state index is 0.126. The highest BCUT2D eigenvalue weighted by Crippen LogP contribution is 2.41. The van der Waals surface area contributed by atoms with Crippen LogP contribution < -0.4 is 16.0 Å². The molecule has 9 nitrogen and oxygen atoms in total. The molecule has 0 bridgehead atoms. The van der Waals surface area contributed by atoms with E-state index in [4.69, 9.17) is 14.2 Å². The summed E-state index contributed by atoms with van der Waals surface area (Å²) in [5.41, 5.74) is 0. The van der Waals surface area contributed by atoms with Gasteiger partial charge in [-0.05, 0) is 34.5 Å². The van der Waals surface area contributed by atoms with E-state index in [0.29, 0.717) is 6.42 Å². The maximum atomic E-state index is 11.1. The van der Waals surface area contributed by atoms with Gasteiger partial charge in [0.05, 0.1) is 30.3 Å². The molecule has 0 aromatic carbocycles. The Balaban J connectivity index is 1.92. The third-order valence-electron chi connectivity index (χ3n) is 5.50. The number of nitrogens with one attached hydrogen (secondary N) is 3. The molecule has 2 saturated heterocycles. The van der Waals surface area contributed by atoms with Gasteiger partial charge in [0.1, 0.15) is 18.3 Å². The van der Waals surface area contributed by atoms with Gasteiger partial charge in [0.25, 0.3) is 0 Å². The third-order valence-corrected chi connectivity index (χ3v) is 5.50. The summed E-state index contributed by atoms with van der Waals surface area (Å²) in [6.45, 7) is 1.90. The van der Waals surface area contributed by atoms with Crippen LogP contribution in [0.3, 0.4) is 0 Å². The molecule has 0 amide bonds. The first kappa shape index (κ1) is 18.4. The topological polar surface area (TPSA) is 124 Å². The van der Waals surface area contributed by atoms with E-state index in [1.807, 2.05) is 6.92 Å². The molecule has 9 heteroatoms. The van der Waals surface area contributed by atoms with E-state index < -0.39 is 48.6 Å². The molecule has 3 aliphatic rings. The minimum atomic E-state index is -1.69. The zero-order valence-corrected chi connectivity index (χ0v) is 14.5. The molecule has 1 saturated carbocycles. The lowest BCUT2D eigenvalue weighted by Gasteiger charge is -2.58. The molecule has 10 atom stereocenters. The summed E-state index contributed by atoms with van der Waals surface area (Å²) in [6.07, 6.45) is -3.96. The van der Waals surface area contributed by atoms with Crippen molar-refractivity contribution in [3.8, 4) is 0 Å². The van der Waals surface area contributed by atoms with Crippen molar-refractivity contribution in [2.45, 2.75) is 74.1 Å². The van der Waals surface area contributed by atoms with Crippen LogP contribution in [0.5, 0.6) is 0 Å². The maximum Gasteiger partial charge on any atom is 0.234 e. The monoisotopic (exact) mass is 347 g/mol. The van der Waals surface area contributed by atoms with Gasteiger partial charge in [-0.15, -0.1) is 0 Å². The first-order valence-corrected chi connectivity index (χ1v) is 8.46. The summed E-state index contributed by atoms with van der Waals surface area (Å²) in [7, 11) is 5.11. The molecule has 3 fully saturated rings. The minimum Gasteiger partial charge on any atom is -0.390 e. The van der Waals surface area contributed by atoms with E-state index in [-0.39, 0.29) is 12.1 Å². The van der Waals surface area contributed by atoms with Crippen LogP contribution in [-0.2, 0) is 14.2 Å². The first-order valence-electron chi connectivity index (χ1n) is 8.46. The Morgan fingerprint density at radius 1 is 0.917 bits per heavy atom. The quantitative estimate of drug-likeness (QED) is 0.319. The van der Waals surface area contributed by atoms with Gasteiger partial charge in [0.15, 0.2) is 0 Å². The molecule has 3 rings (SSSR count). The lowest BCUT2D eigenvalue weighted by atomic mass is 9.79. The molecule has 0 aromatic heterocycles. The molecule has 2 aliphatic heterocycles. The second-order valence-electron chi connectivity index (χ2n) is 6.90. The molecular formula is C15H29N3O6. The van der Waals surface area contributed by atoms with Crippen LogP contribution >= 0.6 is 0 Å². The average Bonchev–Trinajstić information content (AvgIpc) is 2.54. The van der Waals surface area contributed by atoms with Gasteiger partial charge in [-0.3, -0.25) is 0 Å². The van der Waals surface area contributed by atoms with E-state index in [1.165, 1.54) is 0 Å². The predicted molar refractivity (Wildman–Crippen MR) is 84.2 cm³/mol. The highest BCUT2D eigenvalue weighted by molar-refractivity contribution is 5.10. The van der Waals surface area contributed by atoms with Crippen LogP contribution in [0, 0.1) is 0 Å². The van der Waals surface area contributed by atoms with Crippen molar-refractivity contribution >= 4 is 0 Å². The highest BCUT2D eigenvalue weighted by Gasteiger charge is 2.63. The number of fused-ring (bicyclic) bond motifs is 2. The van der Waals surface area contributed by atoms with Gasteiger partial charge in [0, 0.05) is 0 Å². The number of likely N-dealkylation sites (N-methyl/N-ethyl adjacent to an activating group) is 3. The van der Waals surface area contributed by atoms with Gasteiger partial charge in [-0.25, -0.2) is 0 Å². The Morgan fingerprint density at radius 2 is 1.58 bits per heavy atom. The van der Waals surface area contributed by atoms with Crippen molar-refractivity contribution < 1.29 is 29.5 Å². The molecule has 0 aromatic rings. The first-order chi connectivity index (χ1) is 11.4. The van der Waals surface area contributed by atoms with E-state index in [9.17, 15) is 15.3 Å². The fourth-order valence-electron chi connectivity index (χ4n) is 4.18. The standard InChI is InChI=1S/C15H29N3O6/c1-6-5-7(16-2)15(21)14(22-6)23-13-11(20)8(17-3)10(19)9(18-4)12(13)24-15/h6-14,16-21H,5H2,1-4H3/t6-,7?,8?,9?,10?,11+,12?,13?,14?,15?/m1/s1. The number of aliphatic hydroxyl groups is 3. The van der Waals surface area contributed by atoms with Crippen molar-refractivity contribution in [1.29, 1.82) is 0 Å². The van der Waals surface area contributed by atoms with E-state index in [2.05, 4.69) is 16.0 Å². The van der Waals surface area contributed by atoms with Crippen LogP contribution in [0.4, 0.5) is 0 Å². The van der Waals surface area contributed by atoms with Gasteiger partial charge >= 0.3 is 0 Å². The van der Waals surface area contributed by atoms with Gasteiger partial charge < -0.3 is 45.5 Å². The summed E-state index contributed by atoms with van der Waals surface area (Å²) >= 11 is 0. The van der Waals surface area contributed by atoms with Crippen LogP contribution in [0.2, 0.25) is 0 Å². The Labute approximate surface area is 141 Å². The number of ether oxygens (including phenoxy) is 3. The molecule has 0 spiro atoms. The number of hydrogen-bond acceptors (Lipinski definition) is 9. The van der Waals surface area contributed by atoms with Gasteiger partial charge in [0.2, 0.25) is 12.1 Å².